The number of benzene rings is 1. The van der Waals surface area contributed by atoms with E-state index in [-0.39, 0.29) is 17.7 Å². The number of imidazole rings is 1. The summed E-state index contributed by atoms with van der Waals surface area (Å²) in [5.74, 6) is 0.709. The number of hydrogen-bond donors (Lipinski definition) is 1. The summed E-state index contributed by atoms with van der Waals surface area (Å²) in [4.78, 5) is 30.7. The van der Waals surface area contributed by atoms with Crippen molar-refractivity contribution < 1.29 is 14.3 Å². The van der Waals surface area contributed by atoms with Gasteiger partial charge in [0.1, 0.15) is 5.82 Å². The molecule has 7 nitrogen and oxygen atoms in total. The second-order valence-corrected chi connectivity index (χ2v) is 6.36. The molecule has 1 aromatic carbocycles. The van der Waals surface area contributed by atoms with Gasteiger partial charge in [0.2, 0.25) is 11.8 Å². The second-order valence-electron chi connectivity index (χ2n) is 6.36. The zero-order valence-corrected chi connectivity index (χ0v) is 14.7. The maximum absolute atomic E-state index is 12.5. The van der Waals surface area contributed by atoms with E-state index < -0.39 is 0 Å². The predicted octanol–water partition coefficient (Wildman–Crippen LogP) is 1.07. The third kappa shape index (κ3) is 3.82. The lowest BCUT2D eigenvalue weighted by Gasteiger charge is -2.31. The van der Waals surface area contributed by atoms with Crippen molar-refractivity contribution in [3.8, 4) is 0 Å². The molecule has 1 fully saturated rings. The number of likely N-dealkylation sites (tertiary alicyclic amines) is 1. The smallest absolute Gasteiger partial charge is 0.225 e. The molecule has 2 heterocycles. The maximum atomic E-state index is 12.5. The number of piperidine rings is 1. The quantitative estimate of drug-likeness (QED) is 0.851. The Morgan fingerprint density at radius 2 is 2.20 bits per heavy atom. The molecule has 0 spiro atoms. The minimum Gasteiger partial charge on any atom is -0.383 e. The van der Waals surface area contributed by atoms with Crippen molar-refractivity contribution in [1.82, 2.24) is 19.8 Å². The minimum absolute atomic E-state index is 0.0260. The number of hydrogen-bond acceptors (Lipinski definition) is 4. The van der Waals surface area contributed by atoms with Crippen LogP contribution in [0, 0.1) is 5.92 Å². The van der Waals surface area contributed by atoms with Gasteiger partial charge in [-0.15, -0.1) is 0 Å². The van der Waals surface area contributed by atoms with Crippen molar-refractivity contribution in [2.45, 2.75) is 19.4 Å². The van der Waals surface area contributed by atoms with E-state index in [1.165, 1.54) is 0 Å². The number of aromatic nitrogens is 2. The van der Waals surface area contributed by atoms with E-state index in [2.05, 4.69) is 10.3 Å². The zero-order valence-electron chi connectivity index (χ0n) is 14.7. The van der Waals surface area contributed by atoms with Crippen LogP contribution in [0.3, 0.4) is 0 Å². The van der Waals surface area contributed by atoms with E-state index >= 15 is 0 Å². The molecule has 1 aliphatic heterocycles. The molecule has 0 unspecified atom stereocenters. The highest BCUT2D eigenvalue weighted by molar-refractivity contribution is 5.84. The molecule has 2 amide bonds. The molecular formula is C18H24N4O3. The van der Waals surface area contributed by atoms with Gasteiger partial charge in [0.15, 0.2) is 0 Å². The van der Waals surface area contributed by atoms with Crippen LogP contribution in [0.2, 0.25) is 0 Å². The van der Waals surface area contributed by atoms with Gasteiger partial charge >= 0.3 is 0 Å². The first kappa shape index (κ1) is 17.4. The van der Waals surface area contributed by atoms with E-state index in [0.717, 1.165) is 16.9 Å². The van der Waals surface area contributed by atoms with Gasteiger partial charge < -0.3 is 19.5 Å². The molecule has 134 valence electrons. The summed E-state index contributed by atoms with van der Waals surface area (Å²) in [6.45, 7) is 1.85. The normalized spacial score (nSPS) is 17.9. The third-order valence-corrected chi connectivity index (χ3v) is 4.74. The van der Waals surface area contributed by atoms with Gasteiger partial charge in [-0.1, -0.05) is 12.1 Å². The lowest BCUT2D eigenvalue weighted by atomic mass is 9.96. The number of nitrogens with zero attached hydrogens (tertiary/aromatic N) is 3. The number of carbonyl (C=O) groups excluding carboxylic acids is 2. The van der Waals surface area contributed by atoms with Gasteiger partial charge in [0.25, 0.3) is 0 Å². The van der Waals surface area contributed by atoms with Crippen molar-refractivity contribution in [2.24, 2.45) is 13.0 Å². The number of methoxy groups -OCH3 is 1. The monoisotopic (exact) mass is 344 g/mol. The van der Waals surface area contributed by atoms with Crippen LogP contribution in [-0.2, 0) is 27.9 Å². The first-order valence-electron chi connectivity index (χ1n) is 8.55. The lowest BCUT2D eigenvalue weighted by Crippen LogP contribution is -2.46. The molecule has 1 atom stereocenters. The van der Waals surface area contributed by atoms with Gasteiger partial charge in [0.05, 0.1) is 30.1 Å². The van der Waals surface area contributed by atoms with Crippen LogP contribution in [0.5, 0.6) is 0 Å². The fourth-order valence-corrected chi connectivity index (χ4v) is 3.21. The van der Waals surface area contributed by atoms with E-state index in [1.54, 1.807) is 12.0 Å². The van der Waals surface area contributed by atoms with E-state index in [0.29, 0.717) is 39.1 Å². The molecule has 1 aromatic heterocycles. The Labute approximate surface area is 147 Å². The highest BCUT2D eigenvalue weighted by Gasteiger charge is 2.30. The molecule has 0 radical (unpaired) electrons. The number of rotatable bonds is 6. The Kier molecular flexibility index (Phi) is 5.33. The highest BCUT2D eigenvalue weighted by Crippen LogP contribution is 2.18. The Balaban J connectivity index is 1.60. The van der Waals surface area contributed by atoms with Crippen LogP contribution in [0.4, 0.5) is 0 Å². The molecule has 1 N–H and O–H groups in total. The summed E-state index contributed by atoms with van der Waals surface area (Å²) in [5.41, 5.74) is 1.96. The van der Waals surface area contributed by atoms with Crippen molar-refractivity contribution in [3.05, 3.63) is 30.1 Å². The van der Waals surface area contributed by atoms with Crippen molar-refractivity contribution in [3.63, 3.8) is 0 Å². The van der Waals surface area contributed by atoms with Crippen LogP contribution >= 0.6 is 0 Å². The molecule has 0 aliphatic carbocycles. The first-order chi connectivity index (χ1) is 12.1. The summed E-state index contributed by atoms with van der Waals surface area (Å²) in [7, 11) is 3.55. The van der Waals surface area contributed by atoms with Crippen LogP contribution in [0.15, 0.2) is 24.3 Å². The number of para-hydroxylation sites is 2. The Morgan fingerprint density at radius 1 is 1.40 bits per heavy atom. The Bertz CT molecular complexity index is 771. The molecule has 0 bridgehead atoms. The van der Waals surface area contributed by atoms with Crippen molar-refractivity contribution >= 4 is 22.8 Å². The SMILES string of the molecule is COCCN1C[C@H](C(=O)NCc2nc3ccccc3n2C)CCC1=O. The lowest BCUT2D eigenvalue weighted by molar-refractivity contribution is -0.139. The van der Waals surface area contributed by atoms with Crippen molar-refractivity contribution in [1.29, 1.82) is 0 Å². The number of ether oxygens (including phenoxy) is 1. The average molecular weight is 344 g/mol. The van der Waals surface area contributed by atoms with Crippen LogP contribution in [0.1, 0.15) is 18.7 Å². The molecular weight excluding hydrogens is 320 g/mol. The number of nitrogens with one attached hydrogen (secondary N) is 1. The Hall–Kier alpha value is -2.41. The molecule has 1 aliphatic rings. The van der Waals surface area contributed by atoms with Gasteiger partial charge in [-0.2, -0.15) is 0 Å². The summed E-state index contributed by atoms with van der Waals surface area (Å²) in [6, 6.07) is 7.89. The standard InChI is InChI=1S/C18H24N4O3/c1-21-15-6-4-3-5-14(15)20-16(21)11-19-18(24)13-7-8-17(23)22(12-13)9-10-25-2/h3-6,13H,7-12H2,1-2H3,(H,19,24)/t13-/m1/s1. The molecule has 25 heavy (non-hydrogen) atoms. The molecule has 3 rings (SSSR count). The fraction of sp³-hybridized carbons (Fsp3) is 0.500. The summed E-state index contributed by atoms with van der Waals surface area (Å²) >= 11 is 0. The summed E-state index contributed by atoms with van der Waals surface area (Å²) in [6.07, 6.45) is 1.00. The predicted molar refractivity (Wildman–Crippen MR) is 93.7 cm³/mol. The average Bonchev–Trinajstić information content (AvgIpc) is 2.95. The minimum atomic E-state index is -0.177. The second kappa shape index (κ2) is 7.65. The van der Waals surface area contributed by atoms with Gasteiger partial charge in [-0.05, 0) is 18.6 Å². The third-order valence-electron chi connectivity index (χ3n) is 4.74. The molecule has 7 heteroatoms. The molecule has 0 saturated carbocycles. The first-order valence-corrected chi connectivity index (χ1v) is 8.55. The van der Waals surface area contributed by atoms with Crippen molar-refractivity contribution in [2.75, 3.05) is 26.8 Å². The molecule has 1 saturated heterocycles. The van der Waals surface area contributed by atoms with Gasteiger partial charge in [0, 0.05) is 33.7 Å². The van der Waals surface area contributed by atoms with Gasteiger partial charge in [-0.25, -0.2) is 4.98 Å². The van der Waals surface area contributed by atoms with Crippen LogP contribution in [0.25, 0.3) is 11.0 Å². The highest BCUT2D eigenvalue weighted by atomic mass is 16.5. The fourth-order valence-electron chi connectivity index (χ4n) is 3.21. The molecule has 2 aromatic rings. The number of carbonyl (C=O) groups is 2. The van der Waals surface area contributed by atoms with Crippen LogP contribution in [-0.4, -0.2) is 53.1 Å². The van der Waals surface area contributed by atoms with E-state index in [4.69, 9.17) is 4.74 Å². The van der Waals surface area contributed by atoms with Gasteiger partial charge in [-0.3, -0.25) is 9.59 Å². The largest absolute Gasteiger partial charge is 0.383 e. The number of fused-ring (bicyclic) bond motifs is 1. The summed E-state index contributed by atoms with van der Waals surface area (Å²) in [5, 5.41) is 2.97. The summed E-state index contributed by atoms with van der Waals surface area (Å²) < 4.78 is 7.02. The van der Waals surface area contributed by atoms with E-state index in [9.17, 15) is 9.59 Å². The topological polar surface area (TPSA) is 76.5 Å². The zero-order chi connectivity index (χ0) is 17.8. The number of aryl methyl sites for hydroxylation is 1. The maximum Gasteiger partial charge on any atom is 0.225 e. The number of amides is 2. The van der Waals surface area contributed by atoms with E-state index in [1.807, 2.05) is 35.9 Å². The Morgan fingerprint density at radius 3 is 2.96 bits per heavy atom. The van der Waals surface area contributed by atoms with Crippen LogP contribution < -0.4 is 5.32 Å².